The highest BCUT2D eigenvalue weighted by molar-refractivity contribution is 7.89. The Morgan fingerprint density at radius 2 is 2.19 bits per heavy atom. The quantitative estimate of drug-likeness (QED) is 0.384. The first-order valence-corrected chi connectivity index (χ1v) is 9.62. The molecule has 0 spiro atoms. The lowest BCUT2D eigenvalue weighted by Crippen LogP contribution is -2.29. The molecule has 0 atom stereocenters. The Balaban J connectivity index is 1.74. The molecule has 0 radical (unpaired) electrons. The summed E-state index contributed by atoms with van der Waals surface area (Å²) in [5, 5.41) is 3.30. The smallest absolute Gasteiger partial charge is 0.335 e. The molecule has 0 amide bonds. The van der Waals surface area contributed by atoms with Gasteiger partial charge in [-0.15, -0.1) is 0 Å². The van der Waals surface area contributed by atoms with Crippen molar-refractivity contribution in [3.8, 4) is 0 Å². The number of halogens is 1. The van der Waals surface area contributed by atoms with Gasteiger partial charge in [-0.1, -0.05) is 17.7 Å². The van der Waals surface area contributed by atoms with Gasteiger partial charge in [0.15, 0.2) is 0 Å². The molecule has 0 unspecified atom stereocenters. The molecule has 142 valence electrons. The van der Waals surface area contributed by atoms with Crippen LogP contribution >= 0.6 is 11.6 Å². The second-order valence-electron chi connectivity index (χ2n) is 5.42. The van der Waals surface area contributed by atoms with Crippen LogP contribution in [0, 0.1) is 0 Å². The molecule has 0 aliphatic carbocycles. The third-order valence-electron chi connectivity index (χ3n) is 3.59. The monoisotopic (exact) mass is 401 g/mol. The van der Waals surface area contributed by atoms with Crippen molar-refractivity contribution in [1.82, 2.24) is 15.0 Å². The van der Waals surface area contributed by atoms with E-state index < -0.39 is 10.0 Å². The lowest BCUT2D eigenvalue weighted by molar-refractivity contribution is -0.136. The molecule has 2 N–H and O–H groups in total. The maximum Gasteiger partial charge on any atom is 0.335 e. The van der Waals surface area contributed by atoms with E-state index in [9.17, 15) is 13.2 Å². The topological polar surface area (TPSA) is 107 Å². The van der Waals surface area contributed by atoms with Crippen molar-refractivity contribution in [2.24, 2.45) is 0 Å². The minimum Gasteiger partial charge on any atom is -0.466 e. The summed E-state index contributed by atoms with van der Waals surface area (Å²) in [7, 11) is -2.31. The number of allylic oxidation sites excluding steroid dienone is 2. The van der Waals surface area contributed by atoms with E-state index in [1.165, 1.54) is 25.4 Å². The van der Waals surface area contributed by atoms with E-state index in [1.807, 2.05) is 6.08 Å². The van der Waals surface area contributed by atoms with E-state index in [2.05, 4.69) is 15.0 Å². The molecule has 2 rings (SSSR count). The first-order valence-electron chi connectivity index (χ1n) is 7.76. The number of nitrogens with zero attached hydrogens (tertiary/aromatic N) is 1. The normalized spacial score (nSPS) is 14.7. The molecular weight excluding hydrogens is 382 g/mol. The summed E-state index contributed by atoms with van der Waals surface area (Å²) < 4.78 is 36.7. The zero-order valence-corrected chi connectivity index (χ0v) is 16.0. The number of sulfonamides is 1. The summed E-state index contributed by atoms with van der Waals surface area (Å²) in [6, 6.07) is 2.79. The minimum atomic E-state index is -3.65. The van der Waals surface area contributed by atoms with Gasteiger partial charge < -0.3 is 14.8 Å². The molecule has 1 aliphatic heterocycles. The van der Waals surface area contributed by atoms with Crippen molar-refractivity contribution in [3.05, 3.63) is 46.5 Å². The summed E-state index contributed by atoms with van der Waals surface area (Å²) in [6.07, 6.45) is 3.49. The number of hydrogen-bond acceptors (Lipinski definition) is 7. The SMILES string of the molecule is COC(=O)C1=C(C)NC(COCCNS(=O)(=O)c2ccc(Cl)nc2)=CC1. The van der Waals surface area contributed by atoms with E-state index in [4.69, 9.17) is 21.1 Å². The highest BCUT2D eigenvalue weighted by Gasteiger charge is 2.17. The number of rotatable bonds is 8. The average molecular weight is 402 g/mol. The fourth-order valence-electron chi connectivity index (χ4n) is 2.24. The number of carbonyl (C=O) groups excluding carboxylic acids is 1. The predicted molar refractivity (Wildman–Crippen MR) is 95.8 cm³/mol. The van der Waals surface area contributed by atoms with Gasteiger partial charge in [-0.2, -0.15) is 0 Å². The van der Waals surface area contributed by atoms with Gasteiger partial charge in [-0.05, 0) is 19.1 Å². The molecule has 1 aromatic heterocycles. The van der Waals surface area contributed by atoms with E-state index in [0.717, 1.165) is 5.70 Å². The molecule has 0 aromatic carbocycles. The zero-order valence-electron chi connectivity index (χ0n) is 14.4. The van der Waals surface area contributed by atoms with Crippen LogP contribution in [0.15, 0.2) is 46.3 Å². The van der Waals surface area contributed by atoms with Gasteiger partial charge in [0.1, 0.15) is 10.0 Å². The molecule has 0 fully saturated rings. The van der Waals surface area contributed by atoms with Crippen molar-refractivity contribution in [2.45, 2.75) is 18.2 Å². The van der Waals surface area contributed by atoms with Crippen molar-refractivity contribution < 1.29 is 22.7 Å². The number of hydrogen-bond donors (Lipinski definition) is 2. The fraction of sp³-hybridized carbons (Fsp3) is 0.375. The van der Waals surface area contributed by atoms with Crippen LogP contribution in [0.2, 0.25) is 5.15 Å². The molecule has 0 bridgehead atoms. The largest absolute Gasteiger partial charge is 0.466 e. The van der Waals surface area contributed by atoms with E-state index in [0.29, 0.717) is 17.7 Å². The number of esters is 1. The molecule has 8 nitrogen and oxygen atoms in total. The molecule has 0 saturated carbocycles. The summed E-state index contributed by atoms with van der Waals surface area (Å²) in [5.74, 6) is -0.364. The van der Waals surface area contributed by atoms with Gasteiger partial charge in [-0.25, -0.2) is 22.9 Å². The maximum absolute atomic E-state index is 12.1. The van der Waals surface area contributed by atoms with E-state index in [1.54, 1.807) is 6.92 Å². The van der Waals surface area contributed by atoms with Crippen molar-refractivity contribution >= 4 is 27.6 Å². The number of nitrogens with one attached hydrogen (secondary N) is 2. The molecular formula is C16H20ClN3O5S. The van der Waals surface area contributed by atoms with Crippen molar-refractivity contribution in [1.29, 1.82) is 0 Å². The standard InChI is InChI=1S/C16H20ClN3O5S/c1-11-14(16(21)24-2)5-3-12(20-11)10-25-8-7-19-26(22,23)13-4-6-15(17)18-9-13/h3-4,6,9,19-20H,5,7-8,10H2,1-2H3. The second kappa shape index (κ2) is 9.13. The van der Waals surface area contributed by atoms with Gasteiger partial charge in [-0.3, -0.25) is 0 Å². The Labute approximate surface area is 157 Å². The summed E-state index contributed by atoms with van der Waals surface area (Å²) >= 11 is 5.64. The van der Waals surface area contributed by atoms with Crippen molar-refractivity contribution in [2.75, 3.05) is 26.9 Å². The van der Waals surface area contributed by atoms with Crippen LogP contribution in [0.5, 0.6) is 0 Å². The molecule has 10 heteroatoms. The number of aromatic nitrogens is 1. The first-order chi connectivity index (χ1) is 12.3. The van der Waals surface area contributed by atoms with Gasteiger partial charge in [0, 0.05) is 30.6 Å². The molecule has 1 aliphatic rings. The summed E-state index contributed by atoms with van der Waals surface area (Å²) in [4.78, 5) is 15.3. The summed E-state index contributed by atoms with van der Waals surface area (Å²) in [6.45, 7) is 2.36. The van der Waals surface area contributed by atoms with Crippen LogP contribution in [0.1, 0.15) is 13.3 Å². The minimum absolute atomic E-state index is 0.0367. The number of dihydropyridines is 1. The van der Waals surface area contributed by atoms with Crippen LogP contribution in [-0.4, -0.2) is 46.2 Å². The molecule has 26 heavy (non-hydrogen) atoms. The van der Waals surface area contributed by atoms with Gasteiger partial charge >= 0.3 is 5.97 Å². The number of carbonyl (C=O) groups is 1. The van der Waals surface area contributed by atoms with Crippen LogP contribution in [0.25, 0.3) is 0 Å². The zero-order chi connectivity index (χ0) is 19.2. The lowest BCUT2D eigenvalue weighted by atomic mass is 10.1. The van der Waals surface area contributed by atoms with Gasteiger partial charge in [0.2, 0.25) is 10.0 Å². The predicted octanol–water partition coefficient (Wildman–Crippen LogP) is 1.35. The highest BCUT2D eigenvalue weighted by Crippen LogP contribution is 2.17. The fourth-order valence-corrected chi connectivity index (χ4v) is 3.30. The van der Waals surface area contributed by atoms with Crippen LogP contribution < -0.4 is 10.0 Å². The number of pyridine rings is 1. The highest BCUT2D eigenvalue weighted by atomic mass is 35.5. The van der Waals surface area contributed by atoms with Gasteiger partial charge in [0.25, 0.3) is 0 Å². The lowest BCUT2D eigenvalue weighted by Gasteiger charge is -2.19. The third kappa shape index (κ3) is 5.53. The van der Waals surface area contributed by atoms with Crippen LogP contribution in [-0.2, 0) is 24.3 Å². The van der Waals surface area contributed by atoms with Crippen molar-refractivity contribution in [3.63, 3.8) is 0 Å². The second-order valence-corrected chi connectivity index (χ2v) is 7.57. The van der Waals surface area contributed by atoms with E-state index in [-0.39, 0.29) is 35.8 Å². The Morgan fingerprint density at radius 1 is 1.42 bits per heavy atom. The van der Waals surface area contributed by atoms with E-state index >= 15 is 0 Å². The average Bonchev–Trinajstić information content (AvgIpc) is 2.61. The van der Waals surface area contributed by atoms with Crippen LogP contribution in [0.3, 0.4) is 0 Å². The Hall–Kier alpha value is -1.94. The molecule has 0 saturated heterocycles. The first kappa shape index (κ1) is 20.4. The van der Waals surface area contributed by atoms with Crippen LogP contribution in [0.4, 0.5) is 0 Å². The number of methoxy groups -OCH3 is 1. The third-order valence-corrected chi connectivity index (χ3v) is 5.26. The van der Waals surface area contributed by atoms with Gasteiger partial charge in [0.05, 0.1) is 25.9 Å². The summed E-state index contributed by atoms with van der Waals surface area (Å²) in [5.41, 5.74) is 2.09. The number of ether oxygens (including phenoxy) is 2. The Bertz CT molecular complexity index is 819. The Kier molecular flexibility index (Phi) is 7.15. The maximum atomic E-state index is 12.1. The molecule has 2 heterocycles. The molecule has 1 aromatic rings. The Morgan fingerprint density at radius 3 is 2.81 bits per heavy atom.